The van der Waals surface area contributed by atoms with Crippen LogP contribution in [0.3, 0.4) is 0 Å². The topological polar surface area (TPSA) is 35.5 Å². The maximum atomic E-state index is 11.3. The average molecular weight is 312 g/mol. The number of esters is 1. The molecule has 22 heavy (non-hydrogen) atoms. The normalized spacial score (nSPS) is 11.2. The third kappa shape index (κ3) is 17.2. The highest BCUT2D eigenvalue weighted by atomic mass is 16.6. The molecule has 0 aromatic heterocycles. The summed E-state index contributed by atoms with van der Waals surface area (Å²) >= 11 is 0. The Hall–Kier alpha value is -0.830. The molecule has 0 aromatic rings. The van der Waals surface area contributed by atoms with E-state index in [9.17, 15) is 4.79 Å². The SMILES string of the molecule is CCCCCCC=CCCCCCCCC(=O)OCCOC. The van der Waals surface area contributed by atoms with E-state index in [4.69, 9.17) is 9.47 Å². The molecule has 0 unspecified atom stereocenters. The lowest BCUT2D eigenvalue weighted by atomic mass is 10.1. The molecule has 0 aliphatic carbocycles. The minimum Gasteiger partial charge on any atom is -0.463 e. The van der Waals surface area contributed by atoms with Crippen molar-refractivity contribution in [1.82, 2.24) is 0 Å². The van der Waals surface area contributed by atoms with Crippen molar-refractivity contribution >= 4 is 5.97 Å². The Morgan fingerprint density at radius 1 is 0.818 bits per heavy atom. The van der Waals surface area contributed by atoms with Crippen LogP contribution in [0.1, 0.15) is 84.0 Å². The van der Waals surface area contributed by atoms with Crippen molar-refractivity contribution in [1.29, 1.82) is 0 Å². The Morgan fingerprint density at radius 2 is 1.41 bits per heavy atom. The first-order valence-electron chi connectivity index (χ1n) is 9.10. The van der Waals surface area contributed by atoms with Crippen LogP contribution in [0.25, 0.3) is 0 Å². The second kappa shape index (κ2) is 18.2. The predicted molar refractivity (Wildman–Crippen MR) is 93.1 cm³/mol. The fourth-order valence-electron chi connectivity index (χ4n) is 2.30. The van der Waals surface area contributed by atoms with Crippen LogP contribution < -0.4 is 0 Å². The summed E-state index contributed by atoms with van der Waals surface area (Å²) in [7, 11) is 1.61. The molecule has 0 rings (SSSR count). The number of rotatable bonds is 16. The van der Waals surface area contributed by atoms with Gasteiger partial charge in [0.2, 0.25) is 0 Å². The standard InChI is InChI=1S/C19H36O3/c1-3-4-5-6-7-8-9-10-11-12-13-14-15-16-19(20)22-18-17-21-2/h8-9H,3-7,10-18H2,1-2H3. The maximum absolute atomic E-state index is 11.3. The molecule has 0 N–H and O–H groups in total. The summed E-state index contributed by atoms with van der Waals surface area (Å²) in [5.74, 6) is -0.0944. The number of methoxy groups -OCH3 is 1. The van der Waals surface area contributed by atoms with Crippen molar-refractivity contribution in [3.63, 3.8) is 0 Å². The van der Waals surface area contributed by atoms with E-state index in [2.05, 4.69) is 19.1 Å². The molecule has 0 radical (unpaired) electrons. The molecule has 0 atom stereocenters. The first-order chi connectivity index (χ1) is 10.8. The zero-order valence-corrected chi connectivity index (χ0v) is 14.8. The number of allylic oxidation sites excluding steroid dienone is 2. The van der Waals surface area contributed by atoms with E-state index < -0.39 is 0 Å². The molecule has 130 valence electrons. The monoisotopic (exact) mass is 312 g/mol. The van der Waals surface area contributed by atoms with Crippen LogP contribution >= 0.6 is 0 Å². The Kier molecular flexibility index (Phi) is 17.5. The molecule has 0 fully saturated rings. The number of hydrogen-bond donors (Lipinski definition) is 0. The smallest absolute Gasteiger partial charge is 0.305 e. The van der Waals surface area contributed by atoms with Crippen LogP contribution in [0, 0.1) is 0 Å². The number of carbonyl (C=O) groups excluding carboxylic acids is 1. The summed E-state index contributed by atoms with van der Waals surface area (Å²) < 4.78 is 9.85. The molecular weight excluding hydrogens is 276 g/mol. The van der Waals surface area contributed by atoms with Crippen LogP contribution in [-0.4, -0.2) is 26.3 Å². The van der Waals surface area contributed by atoms with Crippen LogP contribution in [0.2, 0.25) is 0 Å². The van der Waals surface area contributed by atoms with Crippen molar-refractivity contribution in [3.8, 4) is 0 Å². The largest absolute Gasteiger partial charge is 0.463 e. The third-order valence-electron chi connectivity index (χ3n) is 3.69. The summed E-state index contributed by atoms with van der Waals surface area (Å²) in [6.45, 7) is 3.11. The van der Waals surface area contributed by atoms with Crippen LogP contribution in [0.4, 0.5) is 0 Å². The van der Waals surface area contributed by atoms with Gasteiger partial charge in [-0.2, -0.15) is 0 Å². The highest BCUT2D eigenvalue weighted by molar-refractivity contribution is 5.69. The van der Waals surface area contributed by atoms with E-state index in [1.165, 1.54) is 57.8 Å². The fraction of sp³-hybridized carbons (Fsp3) is 0.842. The molecule has 3 nitrogen and oxygen atoms in total. The Morgan fingerprint density at radius 3 is 2.05 bits per heavy atom. The first-order valence-corrected chi connectivity index (χ1v) is 9.10. The summed E-state index contributed by atoms with van der Waals surface area (Å²) in [4.78, 5) is 11.3. The van der Waals surface area contributed by atoms with Crippen LogP contribution in [0.15, 0.2) is 12.2 Å². The molecule has 0 saturated heterocycles. The van der Waals surface area contributed by atoms with E-state index in [1.54, 1.807) is 7.11 Å². The lowest BCUT2D eigenvalue weighted by Gasteiger charge is -2.03. The zero-order chi connectivity index (χ0) is 16.3. The van der Waals surface area contributed by atoms with Gasteiger partial charge in [-0.3, -0.25) is 4.79 Å². The lowest BCUT2D eigenvalue weighted by Crippen LogP contribution is -2.09. The van der Waals surface area contributed by atoms with Crippen LogP contribution in [0.5, 0.6) is 0 Å². The summed E-state index contributed by atoms with van der Waals surface area (Å²) in [6, 6.07) is 0. The van der Waals surface area contributed by atoms with Crippen LogP contribution in [-0.2, 0) is 14.3 Å². The second-order valence-corrected chi connectivity index (χ2v) is 5.84. The Bertz CT molecular complexity index is 261. The van der Waals surface area contributed by atoms with E-state index in [0.717, 1.165) is 12.8 Å². The molecule has 3 heteroatoms. The number of ether oxygens (including phenoxy) is 2. The van der Waals surface area contributed by atoms with Crippen molar-refractivity contribution in [2.45, 2.75) is 84.0 Å². The predicted octanol–water partition coefficient (Wildman–Crippen LogP) is 5.43. The van der Waals surface area contributed by atoms with E-state index in [0.29, 0.717) is 19.6 Å². The quantitative estimate of drug-likeness (QED) is 0.216. The molecule has 0 amide bonds. The summed E-state index contributed by atoms with van der Waals surface area (Å²) in [6.07, 6.45) is 18.9. The molecule has 0 saturated carbocycles. The van der Waals surface area contributed by atoms with Gasteiger partial charge in [-0.15, -0.1) is 0 Å². The highest BCUT2D eigenvalue weighted by Gasteiger charge is 2.01. The molecular formula is C19H36O3. The Labute approximate surface area is 137 Å². The molecule has 0 aromatic carbocycles. The molecule has 0 spiro atoms. The van der Waals surface area contributed by atoms with Crippen molar-refractivity contribution in [3.05, 3.63) is 12.2 Å². The maximum Gasteiger partial charge on any atom is 0.305 e. The highest BCUT2D eigenvalue weighted by Crippen LogP contribution is 2.09. The lowest BCUT2D eigenvalue weighted by molar-refractivity contribution is -0.145. The van der Waals surface area contributed by atoms with E-state index >= 15 is 0 Å². The van der Waals surface area contributed by atoms with Gasteiger partial charge in [-0.05, 0) is 32.1 Å². The Balaban J connectivity index is 3.16. The van der Waals surface area contributed by atoms with Gasteiger partial charge in [0.15, 0.2) is 0 Å². The van der Waals surface area contributed by atoms with Crippen molar-refractivity contribution < 1.29 is 14.3 Å². The average Bonchev–Trinajstić information content (AvgIpc) is 2.52. The van der Waals surface area contributed by atoms with Gasteiger partial charge >= 0.3 is 5.97 Å². The number of carbonyl (C=O) groups is 1. The third-order valence-corrected chi connectivity index (χ3v) is 3.69. The number of unbranched alkanes of at least 4 members (excludes halogenated alkanes) is 9. The van der Waals surface area contributed by atoms with E-state index in [-0.39, 0.29) is 5.97 Å². The summed E-state index contributed by atoms with van der Waals surface area (Å²) in [5.41, 5.74) is 0. The van der Waals surface area contributed by atoms with Gasteiger partial charge in [0.05, 0.1) is 6.61 Å². The summed E-state index contributed by atoms with van der Waals surface area (Å²) in [5, 5.41) is 0. The molecule has 0 aliphatic heterocycles. The fourth-order valence-corrected chi connectivity index (χ4v) is 2.30. The number of hydrogen-bond acceptors (Lipinski definition) is 3. The van der Waals surface area contributed by atoms with E-state index in [1.807, 2.05) is 0 Å². The molecule has 0 heterocycles. The van der Waals surface area contributed by atoms with Crippen molar-refractivity contribution in [2.75, 3.05) is 20.3 Å². The molecule has 0 aliphatic rings. The van der Waals surface area contributed by atoms with Gasteiger partial charge in [0.25, 0.3) is 0 Å². The minimum absolute atomic E-state index is 0.0944. The van der Waals surface area contributed by atoms with Gasteiger partial charge < -0.3 is 9.47 Å². The van der Waals surface area contributed by atoms with Gasteiger partial charge in [0, 0.05) is 13.5 Å². The first kappa shape index (κ1) is 21.2. The van der Waals surface area contributed by atoms with Gasteiger partial charge in [-0.1, -0.05) is 57.6 Å². The minimum atomic E-state index is -0.0944. The second-order valence-electron chi connectivity index (χ2n) is 5.84. The van der Waals surface area contributed by atoms with Gasteiger partial charge in [0.1, 0.15) is 6.61 Å². The van der Waals surface area contributed by atoms with Crippen molar-refractivity contribution in [2.24, 2.45) is 0 Å². The van der Waals surface area contributed by atoms with Gasteiger partial charge in [-0.25, -0.2) is 0 Å². The molecule has 0 bridgehead atoms. The zero-order valence-electron chi connectivity index (χ0n) is 14.8.